The standard InChI is InChI=1S/C18H28BNO4/c1-16(2,3)23-15(21)20-18(6,7)13-8-10-14(11-9-13)19-22-12-17(4,5)24-19/h8-11H,12H2,1-7H3,(H,20,21). The summed E-state index contributed by atoms with van der Waals surface area (Å²) in [5.74, 6) is 0. The molecule has 6 heteroatoms. The minimum absolute atomic E-state index is 0.263. The van der Waals surface area contributed by atoms with Crippen LogP contribution in [0.3, 0.4) is 0 Å². The highest BCUT2D eigenvalue weighted by Crippen LogP contribution is 2.22. The van der Waals surface area contributed by atoms with Crippen LogP contribution in [0.15, 0.2) is 24.3 Å². The Labute approximate surface area is 145 Å². The smallest absolute Gasteiger partial charge is 0.444 e. The third kappa shape index (κ3) is 4.98. The Morgan fingerprint density at radius 2 is 1.75 bits per heavy atom. The van der Waals surface area contributed by atoms with E-state index in [4.69, 9.17) is 14.0 Å². The first kappa shape index (κ1) is 18.8. The molecule has 1 aliphatic heterocycles. The van der Waals surface area contributed by atoms with Gasteiger partial charge in [-0.1, -0.05) is 24.3 Å². The Hall–Kier alpha value is -1.53. The molecule has 2 rings (SSSR count). The minimum Gasteiger partial charge on any atom is -0.444 e. The van der Waals surface area contributed by atoms with Crippen LogP contribution in [0, 0.1) is 0 Å². The van der Waals surface area contributed by atoms with Gasteiger partial charge in [0.25, 0.3) is 0 Å². The molecule has 0 spiro atoms. The first-order valence-corrected chi connectivity index (χ1v) is 8.29. The lowest BCUT2D eigenvalue weighted by Crippen LogP contribution is -2.44. The summed E-state index contributed by atoms with van der Waals surface area (Å²) in [6, 6.07) is 7.90. The Morgan fingerprint density at radius 1 is 1.17 bits per heavy atom. The molecule has 1 N–H and O–H groups in total. The van der Waals surface area contributed by atoms with Crippen LogP contribution in [0.5, 0.6) is 0 Å². The molecular formula is C18H28BNO4. The monoisotopic (exact) mass is 333 g/mol. The van der Waals surface area contributed by atoms with Crippen LogP contribution >= 0.6 is 0 Å². The molecule has 0 radical (unpaired) electrons. The first-order chi connectivity index (χ1) is 10.9. The van der Waals surface area contributed by atoms with Crippen molar-refractivity contribution in [2.75, 3.05) is 6.61 Å². The van der Waals surface area contributed by atoms with Gasteiger partial charge in [0, 0.05) is 0 Å². The summed E-state index contributed by atoms with van der Waals surface area (Å²) in [5, 5.41) is 2.91. The molecule has 1 saturated heterocycles. The summed E-state index contributed by atoms with van der Waals surface area (Å²) in [7, 11) is -0.337. The van der Waals surface area contributed by atoms with E-state index in [1.54, 1.807) is 0 Å². The largest absolute Gasteiger partial charge is 0.494 e. The predicted octanol–water partition coefficient (Wildman–Crippen LogP) is 2.97. The maximum atomic E-state index is 12.0. The van der Waals surface area contributed by atoms with E-state index >= 15 is 0 Å². The molecule has 0 saturated carbocycles. The fourth-order valence-electron chi connectivity index (χ4n) is 2.49. The van der Waals surface area contributed by atoms with Crippen molar-refractivity contribution in [1.82, 2.24) is 5.32 Å². The minimum atomic E-state index is -0.544. The lowest BCUT2D eigenvalue weighted by Gasteiger charge is -2.29. The highest BCUT2D eigenvalue weighted by atomic mass is 16.7. The first-order valence-electron chi connectivity index (χ1n) is 8.29. The molecule has 0 bridgehead atoms. The van der Waals surface area contributed by atoms with Gasteiger partial charge in [-0.15, -0.1) is 0 Å². The van der Waals surface area contributed by atoms with Gasteiger partial charge in [0.2, 0.25) is 0 Å². The molecule has 0 atom stereocenters. The molecular weight excluding hydrogens is 305 g/mol. The van der Waals surface area contributed by atoms with Crippen LogP contribution in [0.4, 0.5) is 4.79 Å². The molecule has 1 aromatic carbocycles. The molecule has 132 valence electrons. The average molecular weight is 333 g/mol. The number of amides is 1. The summed E-state index contributed by atoms with van der Waals surface area (Å²) in [6.45, 7) is 14.0. The molecule has 1 amide bonds. The zero-order valence-electron chi connectivity index (χ0n) is 15.7. The summed E-state index contributed by atoms with van der Waals surface area (Å²) in [4.78, 5) is 12.0. The summed E-state index contributed by atoms with van der Waals surface area (Å²) < 4.78 is 16.9. The predicted molar refractivity (Wildman–Crippen MR) is 95.3 cm³/mol. The fourth-order valence-corrected chi connectivity index (χ4v) is 2.49. The number of nitrogens with one attached hydrogen (secondary N) is 1. The van der Waals surface area contributed by atoms with Gasteiger partial charge in [-0.25, -0.2) is 4.79 Å². The third-order valence-corrected chi connectivity index (χ3v) is 3.73. The van der Waals surface area contributed by atoms with Gasteiger partial charge in [-0.2, -0.15) is 0 Å². The van der Waals surface area contributed by atoms with Gasteiger partial charge in [0.1, 0.15) is 5.60 Å². The lowest BCUT2D eigenvalue weighted by molar-refractivity contribution is 0.0470. The highest BCUT2D eigenvalue weighted by Gasteiger charge is 2.38. The molecule has 0 aliphatic carbocycles. The number of rotatable bonds is 3. The zero-order valence-corrected chi connectivity index (χ0v) is 15.7. The summed E-state index contributed by atoms with van der Waals surface area (Å²) in [5.41, 5.74) is 0.624. The van der Waals surface area contributed by atoms with Gasteiger partial charge in [0.15, 0.2) is 0 Å². The van der Waals surface area contributed by atoms with E-state index in [0.29, 0.717) is 6.61 Å². The van der Waals surface area contributed by atoms with Crippen molar-refractivity contribution >= 4 is 18.7 Å². The van der Waals surface area contributed by atoms with E-state index in [1.807, 2.05) is 72.7 Å². The molecule has 0 unspecified atom stereocenters. The second kappa shape index (κ2) is 6.41. The second-order valence-electron chi connectivity index (χ2n) is 8.39. The van der Waals surface area contributed by atoms with Crippen LogP contribution in [0.2, 0.25) is 0 Å². The van der Waals surface area contributed by atoms with Crippen molar-refractivity contribution in [3.63, 3.8) is 0 Å². The van der Waals surface area contributed by atoms with E-state index in [0.717, 1.165) is 11.0 Å². The van der Waals surface area contributed by atoms with Crippen LogP contribution < -0.4 is 10.8 Å². The maximum Gasteiger partial charge on any atom is 0.494 e. The topological polar surface area (TPSA) is 56.8 Å². The molecule has 5 nitrogen and oxygen atoms in total. The number of carbonyl (C=O) groups is 1. The van der Waals surface area contributed by atoms with E-state index < -0.39 is 17.2 Å². The van der Waals surface area contributed by atoms with Crippen LogP contribution in [-0.4, -0.2) is 31.0 Å². The highest BCUT2D eigenvalue weighted by molar-refractivity contribution is 6.61. The Morgan fingerprint density at radius 3 is 2.21 bits per heavy atom. The molecule has 1 aliphatic rings. The molecule has 0 aromatic heterocycles. The van der Waals surface area contributed by atoms with Crippen molar-refractivity contribution in [1.29, 1.82) is 0 Å². The fraction of sp³-hybridized carbons (Fsp3) is 0.611. The number of benzene rings is 1. The maximum absolute atomic E-state index is 12.0. The van der Waals surface area contributed by atoms with Crippen molar-refractivity contribution in [2.24, 2.45) is 0 Å². The normalized spacial score (nSPS) is 17.7. The summed E-state index contributed by atoms with van der Waals surface area (Å²) in [6.07, 6.45) is -0.430. The zero-order chi connectivity index (χ0) is 18.2. The average Bonchev–Trinajstić information content (AvgIpc) is 2.76. The molecule has 1 aromatic rings. The van der Waals surface area contributed by atoms with Crippen molar-refractivity contribution in [2.45, 2.75) is 65.2 Å². The number of hydrogen-bond donors (Lipinski definition) is 1. The molecule has 24 heavy (non-hydrogen) atoms. The number of carbonyl (C=O) groups excluding carboxylic acids is 1. The van der Waals surface area contributed by atoms with Crippen molar-refractivity contribution in [3.8, 4) is 0 Å². The molecule has 1 fully saturated rings. The van der Waals surface area contributed by atoms with Gasteiger partial charge < -0.3 is 19.4 Å². The molecule has 1 heterocycles. The quantitative estimate of drug-likeness (QED) is 0.864. The van der Waals surface area contributed by atoms with Gasteiger partial charge in [-0.3, -0.25) is 0 Å². The SMILES string of the molecule is CC(C)(C)OC(=O)NC(C)(C)c1ccc(B2OCC(C)(C)O2)cc1. The van der Waals surface area contributed by atoms with Gasteiger partial charge in [0.05, 0.1) is 17.7 Å². The van der Waals surface area contributed by atoms with E-state index in [2.05, 4.69) is 5.32 Å². The number of ether oxygens (including phenoxy) is 1. The Balaban J connectivity index is 2.05. The Kier molecular flexibility index (Phi) is 5.02. The van der Waals surface area contributed by atoms with E-state index in [9.17, 15) is 4.79 Å². The van der Waals surface area contributed by atoms with Crippen LogP contribution in [0.25, 0.3) is 0 Å². The van der Waals surface area contributed by atoms with Crippen molar-refractivity contribution in [3.05, 3.63) is 29.8 Å². The number of hydrogen-bond acceptors (Lipinski definition) is 4. The van der Waals surface area contributed by atoms with E-state index in [1.165, 1.54) is 0 Å². The van der Waals surface area contributed by atoms with Crippen LogP contribution in [0.1, 0.15) is 54.0 Å². The van der Waals surface area contributed by atoms with Gasteiger partial charge >= 0.3 is 13.2 Å². The second-order valence-corrected chi connectivity index (χ2v) is 8.39. The number of alkyl carbamates (subject to hydrolysis) is 1. The van der Waals surface area contributed by atoms with Gasteiger partial charge in [-0.05, 0) is 59.5 Å². The van der Waals surface area contributed by atoms with E-state index in [-0.39, 0.29) is 12.7 Å². The Bertz CT molecular complexity index is 590. The van der Waals surface area contributed by atoms with Crippen molar-refractivity contribution < 1.29 is 18.8 Å². The van der Waals surface area contributed by atoms with Crippen LogP contribution in [-0.2, 0) is 19.6 Å². The lowest BCUT2D eigenvalue weighted by atomic mass is 9.78. The third-order valence-electron chi connectivity index (χ3n) is 3.73. The summed E-state index contributed by atoms with van der Waals surface area (Å²) >= 11 is 0.